The van der Waals surface area contributed by atoms with Crippen LogP contribution in [0.4, 0.5) is 0 Å². The summed E-state index contributed by atoms with van der Waals surface area (Å²) < 4.78 is 153. The van der Waals surface area contributed by atoms with Crippen molar-refractivity contribution in [1.82, 2.24) is 14.9 Å². The van der Waals surface area contributed by atoms with Gasteiger partial charge in [0.15, 0.2) is 40.1 Å². The molecule has 8 aromatic rings. The number of aryl methyl sites for hydroxylation is 1. The number of amides is 1. The molecule has 6 N–H and O–H groups in total. The Morgan fingerprint density at radius 3 is 2.00 bits per heavy atom. The molecule has 32 heteroatoms. The standard InChI is InChI=1S/C71H73N3O26S3/c1-9-47-48-30-46(20-21-52(48)73-62-49(47)32-74-53(62)31-51-50(68(74)80)35-94-70(81)71(51,82)10-2)97-102(85,86)37-44-25-42(36-101(83,84)99-57-26-39(15-23-55(57)89-5)11-12-41-27-59(90-6)66(92-8)60(28-41)91-7)16-22-54(44)93-34-40-13-18-45(19-14-40)98-103(87,88)100-58-29-43(67(79)72-38(3)4)17-24-56(58)95-69-65(78)64(77)63(76)61(33-75)96-69/h11-31,38,61,63-65,69,75-78,82H,9-10,32-37H2,1-8H3,(H,72,79)/b12-11-/t61-,63+,64+,65-,69-,71-/m1/s1. The molecule has 1 amide bonds. The lowest BCUT2D eigenvalue weighted by Gasteiger charge is -2.39. The summed E-state index contributed by atoms with van der Waals surface area (Å²) in [6.45, 7) is 5.50. The molecular formula is C71H73N3O26S3. The summed E-state index contributed by atoms with van der Waals surface area (Å²) in [5.41, 5.74) is 1.77. The average Bonchev–Trinajstić information content (AvgIpc) is 1.59. The van der Waals surface area contributed by atoms with Gasteiger partial charge in [-0.25, -0.2) is 9.78 Å². The van der Waals surface area contributed by atoms with Crippen LogP contribution in [0.15, 0.2) is 120 Å². The number of carbonyl (C=O) groups excluding carboxylic acids is 2. The first-order chi connectivity index (χ1) is 49.0. The number of cyclic esters (lactones) is 1. The highest BCUT2D eigenvalue weighted by atomic mass is 32.3. The van der Waals surface area contributed by atoms with Gasteiger partial charge in [-0.2, -0.15) is 16.8 Å². The van der Waals surface area contributed by atoms with Crippen molar-refractivity contribution in [1.29, 1.82) is 0 Å². The van der Waals surface area contributed by atoms with Gasteiger partial charge in [-0.1, -0.05) is 50.3 Å². The first-order valence-electron chi connectivity index (χ1n) is 32.0. The minimum absolute atomic E-state index is 0.0516. The molecule has 0 unspecified atom stereocenters. The van der Waals surface area contributed by atoms with Gasteiger partial charge in [-0.3, -0.25) is 9.59 Å². The minimum atomic E-state index is -5.12. The molecule has 3 aliphatic rings. The molecule has 0 radical (unpaired) electrons. The van der Waals surface area contributed by atoms with Crippen molar-refractivity contribution in [2.45, 2.75) is 114 Å². The zero-order chi connectivity index (χ0) is 74.0. The van der Waals surface area contributed by atoms with Crippen molar-refractivity contribution in [2.75, 3.05) is 35.0 Å². The number of aliphatic hydroxyl groups is 5. The minimum Gasteiger partial charge on any atom is -0.493 e. The molecule has 0 bridgehead atoms. The van der Waals surface area contributed by atoms with Crippen molar-refractivity contribution in [3.05, 3.63) is 181 Å². The maximum atomic E-state index is 14.5. The van der Waals surface area contributed by atoms with Gasteiger partial charge in [0.05, 0.1) is 64.1 Å². The summed E-state index contributed by atoms with van der Waals surface area (Å²) in [5, 5.41) is 55.7. The van der Waals surface area contributed by atoms with Gasteiger partial charge < -0.3 is 90.0 Å². The van der Waals surface area contributed by atoms with Crippen LogP contribution in [0.25, 0.3) is 34.4 Å². The Balaban J connectivity index is 0.854. The van der Waals surface area contributed by atoms with Gasteiger partial charge >= 0.3 is 36.6 Å². The van der Waals surface area contributed by atoms with Crippen LogP contribution in [-0.4, -0.2) is 144 Å². The van der Waals surface area contributed by atoms with Crippen molar-refractivity contribution < 1.29 is 115 Å². The zero-order valence-corrected chi connectivity index (χ0v) is 59.1. The fourth-order valence-corrected chi connectivity index (χ4v) is 14.9. The fraction of sp³-hybridized carbons (Fsp3) is 0.324. The fourth-order valence-electron chi connectivity index (χ4n) is 12.1. The van der Waals surface area contributed by atoms with E-state index in [9.17, 15) is 65.2 Å². The summed E-state index contributed by atoms with van der Waals surface area (Å²) in [4.78, 5) is 44.8. The van der Waals surface area contributed by atoms with E-state index < -0.39 is 114 Å². The van der Waals surface area contributed by atoms with E-state index in [0.717, 1.165) is 12.1 Å². The molecule has 29 nitrogen and oxygen atoms in total. The molecule has 6 atom stereocenters. The molecule has 546 valence electrons. The number of methoxy groups -OCH3 is 4. The van der Waals surface area contributed by atoms with Gasteiger partial charge in [0.1, 0.15) is 66.4 Å². The van der Waals surface area contributed by atoms with Gasteiger partial charge in [0.2, 0.25) is 12.0 Å². The van der Waals surface area contributed by atoms with Crippen molar-refractivity contribution >= 4 is 65.6 Å². The number of benzene rings is 6. The number of hydrogen-bond acceptors (Lipinski definition) is 27. The smallest absolute Gasteiger partial charge is 0.493 e. The molecule has 6 aromatic carbocycles. The highest BCUT2D eigenvalue weighted by Gasteiger charge is 2.47. The number of ether oxygens (including phenoxy) is 8. The lowest BCUT2D eigenvalue weighted by molar-refractivity contribution is -0.277. The molecule has 3 aliphatic heterocycles. The maximum Gasteiger partial charge on any atom is 0.501 e. The number of nitrogens with zero attached hydrogens (tertiary/aromatic N) is 2. The predicted molar refractivity (Wildman–Crippen MR) is 369 cm³/mol. The number of pyridine rings is 2. The maximum absolute atomic E-state index is 14.5. The Morgan fingerprint density at radius 1 is 0.680 bits per heavy atom. The summed E-state index contributed by atoms with van der Waals surface area (Å²) in [6, 6.07) is 26.4. The van der Waals surface area contributed by atoms with Crippen LogP contribution in [0.2, 0.25) is 0 Å². The van der Waals surface area contributed by atoms with E-state index in [-0.39, 0.29) is 88.8 Å². The lowest BCUT2D eigenvalue weighted by atomic mass is 9.86. The van der Waals surface area contributed by atoms with Crippen molar-refractivity contribution in [2.24, 2.45) is 0 Å². The SMILES string of the molecule is CCc1c2c(nc3ccc(OS(=O)(=O)Cc4cc(CS(=O)(=O)Oc5cc(/C=C\c6cc(OC)c(OC)c(OC)c6)ccc5OC)ccc4OCc4ccc(OS(=O)(=O)Oc5cc(C(=O)NC(C)C)ccc5O[C@@H]5O[C@H](CO)[C@H](O)[C@H](O)[C@H]5O)cc4)cc13)-c1cc3c(c(=O)n1C2)COC(=O)[C@@]3(O)CC. The number of aromatic nitrogens is 2. The number of aliphatic hydroxyl groups excluding tert-OH is 4. The summed E-state index contributed by atoms with van der Waals surface area (Å²) >= 11 is 0. The van der Waals surface area contributed by atoms with E-state index in [1.54, 1.807) is 63.3 Å². The van der Waals surface area contributed by atoms with Crippen LogP contribution in [0, 0.1) is 0 Å². The monoisotopic (exact) mass is 1480 g/mol. The molecular weight excluding hydrogens is 1410 g/mol. The highest BCUT2D eigenvalue weighted by Crippen LogP contribution is 2.43. The Labute approximate surface area is 591 Å². The molecule has 1 saturated heterocycles. The first-order valence-corrected chi connectivity index (χ1v) is 36.5. The van der Waals surface area contributed by atoms with Crippen LogP contribution in [0.3, 0.4) is 0 Å². The molecule has 2 aromatic heterocycles. The Bertz CT molecular complexity index is 5020. The van der Waals surface area contributed by atoms with Crippen LogP contribution in [0.1, 0.15) is 94.5 Å². The van der Waals surface area contributed by atoms with Gasteiger partial charge in [-0.05, 0) is 146 Å². The van der Waals surface area contributed by atoms with Gasteiger partial charge in [0, 0.05) is 33.7 Å². The van der Waals surface area contributed by atoms with Crippen LogP contribution >= 0.6 is 0 Å². The van der Waals surface area contributed by atoms with Crippen LogP contribution in [-0.2, 0) is 88.2 Å². The summed E-state index contributed by atoms with van der Waals surface area (Å²) in [6.07, 6.45) is -4.95. The molecule has 0 spiro atoms. The number of fused-ring (bicyclic) bond motifs is 5. The van der Waals surface area contributed by atoms with E-state index in [4.69, 9.17) is 59.6 Å². The normalized spacial score (nSPS) is 18.7. The number of rotatable bonds is 28. The highest BCUT2D eigenvalue weighted by molar-refractivity contribution is 7.86. The quantitative estimate of drug-likeness (QED) is 0.0179. The zero-order valence-electron chi connectivity index (χ0n) is 56.7. The number of carbonyl (C=O) groups is 2. The second-order valence-corrected chi connectivity index (χ2v) is 28.7. The van der Waals surface area contributed by atoms with E-state index in [1.165, 1.54) is 106 Å². The van der Waals surface area contributed by atoms with Gasteiger partial charge in [-0.15, -0.1) is 8.42 Å². The molecule has 1 fully saturated rings. The van der Waals surface area contributed by atoms with Crippen LogP contribution < -0.4 is 56.0 Å². The molecule has 5 heterocycles. The lowest BCUT2D eigenvalue weighted by Crippen LogP contribution is -2.60. The third-order valence-corrected chi connectivity index (χ3v) is 20.2. The summed E-state index contributed by atoms with van der Waals surface area (Å²) in [5.74, 6) is -3.69. The molecule has 0 saturated carbocycles. The molecule has 103 heavy (non-hydrogen) atoms. The van der Waals surface area contributed by atoms with E-state index in [0.29, 0.717) is 73.8 Å². The Kier molecular flexibility index (Phi) is 21.7. The number of nitrogens with one attached hydrogen (secondary N) is 1. The van der Waals surface area contributed by atoms with Crippen molar-refractivity contribution in [3.63, 3.8) is 0 Å². The second kappa shape index (κ2) is 30.1. The first kappa shape index (κ1) is 74.2. The Hall–Kier alpha value is -10.0. The molecule has 11 rings (SSSR count). The predicted octanol–water partition coefficient (Wildman–Crippen LogP) is 6.26. The third kappa shape index (κ3) is 16.0. The second-order valence-electron chi connectivity index (χ2n) is 24.4. The third-order valence-electron chi connectivity index (χ3n) is 17.1. The average molecular weight is 1480 g/mol. The number of esters is 1. The van der Waals surface area contributed by atoms with E-state index >= 15 is 0 Å². The largest absolute Gasteiger partial charge is 0.501 e. The molecule has 0 aliphatic carbocycles. The number of hydrogen-bond donors (Lipinski definition) is 6. The Morgan fingerprint density at radius 2 is 1.33 bits per heavy atom. The van der Waals surface area contributed by atoms with Crippen LogP contribution in [0.5, 0.6) is 57.5 Å². The van der Waals surface area contributed by atoms with Crippen molar-refractivity contribution in [3.8, 4) is 68.9 Å². The topological polar surface area (TPSA) is 395 Å². The summed E-state index contributed by atoms with van der Waals surface area (Å²) in [7, 11) is -8.64. The van der Waals surface area contributed by atoms with E-state index in [1.807, 2.05) is 6.92 Å². The van der Waals surface area contributed by atoms with E-state index in [2.05, 4.69) is 5.32 Å². The van der Waals surface area contributed by atoms with Gasteiger partial charge in [0.25, 0.3) is 11.5 Å².